The first-order valence-corrected chi connectivity index (χ1v) is 5.86. The third kappa shape index (κ3) is 2.32. The van der Waals surface area contributed by atoms with E-state index in [2.05, 4.69) is 11.9 Å². The maximum atomic E-state index is 11.7. The maximum Gasteiger partial charge on any atom is 0.239 e. The molecule has 1 aliphatic carbocycles. The fourth-order valence-electron chi connectivity index (χ4n) is 2.34. The first-order valence-electron chi connectivity index (χ1n) is 5.86. The minimum absolute atomic E-state index is 0.0988. The minimum atomic E-state index is -0.352. The lowest BCUT2D eigenvalue weighted by molar-refractivity contribution is -0.131. The molecule has 2 aliphatic rings. The van der Waals surface area contributed by atoms with Crippen molar-refractivity contribution in [3.8, 4) is 0 Å². The SMILES string of the molecule is CC(N)C(=O)N1CCC(N(C)C2CC2)C1. The topological polar surface area (TPSA) is 49.6 Å². The summed E-state index contributed by atoms with van der Waals surface area (Å²) in [6, 6.07) is 0.982. The lowest BCUT2D eigenvalue weighted by Crippen LogP contribution is -2.43. The smallest absolute Gasteiger partial charge is 0.239 e. The highest BCUT2D eigenvalue weighted by molar-refractivity contribution is 5.81. The quantitative estimate of drug-likeness (QED) is 0.716. The zero-order chi connectivity index (χ0) is 11.0. The van der Waals surface area contributed by atoms with Crippen molar-refractivity contribution < 1.29 is 4.79 Å². The van der Waals surface area contributed by atoms with Gasteiger partial charge in [-0.1, -0.05) is 0 Å². The number of carbonyl (C=O) groups is 1. The van der Waals surface area contributed by atoms with Crippen LogP contribution in [0.2, 0.25) is 0 Å². The highest BCUT2D eigenvalue weighted by Gasteiger charge is 2.36. The Hall–Kier alpha value is -0.610. The first kappa shape index (κ1) is 10.9. The molecular formula is C11H21N3O. The van der Waals surface area contributed by atoms with Gasteiger partial charge in [0.05, 0.1) is 6.04 Å². The van der Waals surface area contributed by atoms with Crippen LogP contribution >= 0.6 is 0 Å². The van der Waals surface area contributed by atoms with Crippen molar-refractivity contribution in [2.45, 2.75) is 44.3 Å². The summed E-state index contributed by atoms with van der Waals surface area (Å²) in [6.07, 6.45) is 3.76. The van der Waals surface area contributed by atoms with E-state index in [4.69, 9.17) is 5.73 Å². The number of amides is 1. The van der Waals surface area contributed by atoms with Crippen LogP contribution in [0.1, 0.15) is 26.2 Å². The van der Waals surface area contributed by atoms with Gasteiger partial charge in [-0.15, -0.1) is 0 Å². The van der Waals surface area contributed by atoms with E-state index < -0.39 is 0 Å². The molecular weight excluding hydrogens is 190 g/mol. The number of hydrogen-bond acceptors (Lipinski definition) is 3. The molecule has 1 amide bonds. The number of nitrogens with two attached hydrogens (primary N) is 1. The van der Waals surface area contributed by atoms with Crippen LogP contribution in [0.25, 0.3) is 0 Å². The van der Waals surface area contributed by atoms with Crippen molar-refractivity contribution in [1.29, 1.82) is 0 Å². The number of hydrogen-bond donors (Lipinski definition) is 1. The molecule has 0 aromatic carbocycles. The highest BCUT2D eigenvalue weighted by Crippen LogP contribution is 2.29. The highest BCUT2D eigenvalue weighted by atomic mass is 16.2. The summed E-state index contributed by atoms with van der Waals surface area (Å²) in [5.41, 5.74) is 5.60. The van der Waals surface area contributed by atoms with Crippen LogP contribution in [0.3, 0.4) is 0 Å². The zero-order valence-corrected chi connectivity index (χ0v) is 9.65. The molecule has 1 heterocycles. The Labute approximate surface area is 91.4 Å². The Morgan fingerprint density at radius 2 is 2.07 bits per heavy atom. The molecule has 15 heavy (non-hydrogen) atoms. The number of likely N-dealkylation sites (tertiary alicyclic amines) is 1. The van der Waals surface area contributed by atoms with Gasteiger partial charge in [0, 0.05) is 25.2 Å². The third-order valence-electron chi connectivity index (χ3n) is 3.56. The largest absolute Gasteiger partial charge is 0.340 e. The van der Waals surface area contributed by atoms with Gasteiger partial charge in [0.25, 0.3) is 0 Å². The molecule has 86 valence electrons. The Kier molecular flexibility index (Phi) is 2.98. The number of nitrogens with zero attached hydrogens (tertiary/aromatic N) is 2. The predicted molar refractivity (Wildman–Crippen MR) is 59.4 cm³/mol. The normalized spacial score (nSPS) is 28.5. The molecule has 0 spiro atoms. The van der Waals surface area contributed by atoms with Crippen molar-refractivity contribution in [3.63, 3.8) is 0 Å². The second-order valence-electron chi connectivity index (χ2n) is 4.91. The maximum absolute atomic E-state index is 11.7. The van der Waals surface area contributed by atoms with Crippen molar-refractivity contribution in [1.82, 2.24) is 9.80 Å². The molecule has 0 radical (unpaired) electrons. The zero-order valence-electron chi connectivity index (χ0n) is 9.65. The molecule has 4 nitrogen and oxygen atoms in total. The van der Waals surface area contributed by atoms with E-state index >= 15 is 0 Å². The van der Waals surface area contributed by atoms with Crippen LogP contribution in [0.15, 0.2) is 0 Å². The monoisotopic (exact) mass is 211 g/mol. The second kappa shape index (κ2) is 4.10. The van der Waals surface area contributed by atoms with Gasteiger partial charge in [0.2, 0.25) is 5.91 Å². The van der Waals surface area contributed by atoms with Crippen LogP contribution < -0.4 is 5.73 Å². The molecule has 1 saturated heterocycles. The third-order valence-corrected chi connectivity index (χ3v) is 3.56. The van der Waals surface area contributed by atoms with E-state index in [0.29, 0.717) is 6.04 Å². The average molecular weight is 211 g/mol. The lowest BCUT2D eigenvalue weighted by atomic mass is 10.2. The number of carbonyl (C=O) groups excluding carboxylic acids is 1. The lowest BCUT2D eigenvalue weighted by Gasteiger charge is -2.24. The van der Waals surface area contributed by atoms with Crippen LogP contribution in [0.4, 0.5) is 0 Å². The molecule has 2 fully saturated rings. The van der Waals surface area contributed by atoms with Gasteiger partial charge in [0.15, 0.2) is 0 Å². The molecule has 2 rings (SSSR count). The van der Waals surface area contributed by atoms with E-state index in [1.807, 2.05) is 4.90 Å². The summed E-state index contributed by atoms with van der Waals surface area (Å²) < 4.78 is 0. The number of likely N-dealkylation sites (N-methyl/N-ethyl adjacent to an activating group) is 1. The molecule has 2 atom stereocenters. The van der Waals surface area contributed by atoms with Gasteiger partial charge < -0.3 is 10.6 Å². The summed E-state index contributed by atoms with van der Waals surface area (Å²) in [4.78, 5) is 16.0. The molecule has 1 saturated carbocycles. The standard InChI is InChI=1S/C11H21N3O/c1-8(12)11(15)14-6-5-10(7-14)13(2)9-3-4-9/h8-10H,3-7,12H2,1-2H3. The van der Waals surface area contributed by atoms with Gasteiger partial charge >= 0.3 is 0 Å². The Morgan fingerprint density at radius 3 is 2.60 bits per heavy atom. The Balaban J connectivity index is 1.85. The van der Waals surface area contributed by atoms with Gasteiger partial charge in [0.1, 0.15) is 0 Å². The molecule has 4 heteroatoms. The van der Waals surface area contributed by atoms with E-state index in [1.54, 1.807) is 6.92 Å². The second-order valence-corrected chi connectivity index (χ2v) is 4.91. The first-order chi connectivity index (χ1) is 7.09. The number of rotatable bonds is 3. The minimum Gasteiger partial charge on any atom is -0.340 e. The Morgan fingerprint density at radius 1 is 1.40 bits per heavy atom. The molecule has 2 N–H and O–H groups in total. The van der Waals surface area contributed by atoms with E-state index in [9.17, 15) is 4.79 Å². The summed E-state index contributed by atoms with van der Waals surface area (Å²) in [7, 11) is 2.18. The van der Waals surface area contributed by atoms with Crippen molar-refractivity contribution >= 4 is 5.91 Å². The molecule has 0 aromatic heterocycles. The summed E-state index contributed by atoms with van der Waals surface area (Å²) in [6.45, 7) is 3.51. The average Bonchev–Trinajstić information content (AvgIpc) is 2.93. The van der Waals surface area contributed by atoms with E-state index in [1.165, 1.54) is 12.8 Å². The summed E-state index contributed by atoms with van der Waals surface area (Å²) in [5.74, 6) is 0.0988. The van der Waals surface area contributed by atoms with Crippen molar-refractivity contribution in [3.05, 3.63) is 0 Å². The van der Waals surface area contributed by atoms with E-state index in [0.717, 1.165) is 25.6 Å². The summed E-state index contributed by atoms with van der Waals surface area (Å²) in [5, 5.41) is 0. The van der Waals surface area contributed by atoms with Crippen LogP contribution in [0.5, 0.6) is 0 Å². The molecule has 2 unspecified atom stereocenters. The van der Waals surface area contributed by atoms with Gasteiger partial charge in [-0.2, -0.15) is 0 Å². The van der Waals surface area contributed by atoms with Crippen molar-refractivity contribution in [2.75, 3.05) is 20.1 Å². The van der Waals surface area contributed by atoms with Gasteiger partial charge in [-0.25, -0.2) is 0 Å². The van der Waals surface area contributed by atoms with E-state index in [-0.39, 0.29) is 11.9 Å². The van der Waals surface area contributed by atoms with Crippen molar-refractivity contribution in [2.24, 2.45) is 5.73 Å². The molecule has 1 aliphatic heterocycles. The summed E-state index contributed by atoms with van der Waals surface area (Å²) >= 11 is 0. The fraction of sp³-hybridized carbons (Fsp3) is 0.909. The van der Waals surface area contributed by atoms with Crippen LogP contribution in [-0.2, 0) is 4.79 Å². The van der Waals surface area contributed by atoms with Crippen LogP contribution in [0, 0.1) is 0 Å². The fourth-order valence-corrected chi connectivity index (χ4v) is 2.34. The van der Waals surface area contributed by atoms with Gasteiger partial charge in [-0.3, -0.25) is 9.69 Å². The van der Waals surface area contributed by atoms with Gasteiger partial charge in [-0.05, 0) is 33.2 Å². The van der Waals surface area contributed by atoms with Crippen LogP contribution in [-0.4, -0.2) is 54.0 Å². The predicted octanol–water partition coefficient (Wildman–Crippen LogP) is 0.0287. The Bertz CT molecular complexity index is 250. The molecule has 0 bridgehead atoms. The molecule has 0 aromatic rings.